The van der Waals surface area contributed by atoms with E-state index in [1.165, 1.54) is 4.90 Å². The van der Waals surface area contributed by atoms with Crippen LogP contribution in [0.4, 0.5) is 18.9 Å². The lowest BCUT2D eigenvalue weighted by Gasteiger charge is -2.28. The highest BCUT2D eigenvalue weighted by molar-refractivity contribution is 6.00. The van der Waals surface area contributed by atoms with Crippen molar-refractivity contribution in [3.8, 4) is 11.5 Å². The molecule has 43 heavy (non-hydrogen) atoms. The average Bonchev–Trinajstić information content (AvgIpc) is 3.66. The molecule has 8 nitrogen and oxygen atoms in total. The summed E-state index contributed by atoms with van der Waals surface area (Å²) >= 11 is 0. The average molecular weight is 591 g/mol. The van der Waals surface area contributed by atoms with Crippen molar-refractivity contribution in [1.82, 2.24) is 14.8 Å². The first kappa shape index (κ1) is 29.4. The highest BCUT2D eigenvalue weighted by Crippen LogP contribution is 2.29. The molecular formula is C32H29F3N4O4. The van der Waals surface area contributed by atoms with Crippen molar-refractivity contribution in [3.05, 3.63) is 114 Å². The van der Waals surface area contributed by atoms with Gasteiger partial charge in [-0.3, -0.25) is 14.4 Å². The fraction of sp³-hybridized carbons (Fsp3) is 0.219. The Kier molecular flexibility index (Phi) is 8.51. The fourth-order valence-corrected chi connectivity index (χ4v) is 4.95. The summed E-state index contributed by atoms with van der Waals surface area (Å²) in [5, 5.41) is 2.67. The molecule has 0 saturated heterocycles. The van der Waals surface area contributed by atoms with Crippen LogP contribution in [-0.2, 0) is 28.6 Å². The predicted molar refractivity (Wildman–Crippen MR) is 154 cm³/mol. The number of halogens is 3. The number of para-hydroxylation sites is 1. The Hall–Kier alpha value is -5.06. The normalized spacial score (nSPS) is 12.8. The number of hydrogen-bond acceptors (Lipinski definition) is 4. The number of H-pyrrole nitrogens is 1. The largest absolute Gasteiger partial charge is 0.457 e. The number of nitrogens with one attached hydrogen (secondary N) is 2. The maximum atomic E-state index is 13.3. The number of rotatable bonds is 9. The Morgan fingerprint density at radius 1 is 0.837 bits per heavy atom. The Morgan fingerprint density at radius 3 is 2.05 bits per heavy atom. The zero-order valence-electron chi connectivity index (χ0n) is 23.2. The van der Waals surface area contributed by atoms with E-state index in [-0.39, 0.29) is 11.7 Å². The van der Waals surface area contributed by atoms with E-state index in [0.29, 0.717) is 30.0 Å². The first-order valence-electron chi connectivity index (χ1n) is 13.6. The Morgan fingerprint density at radius 2 is 1.44 bits per heavy atom. The molecule has 1 aromatic heterocycles. The quantitative estimate of drug-likeness (QED) is 0.268. The van der Waals surface area contributed by atoms with Crippen molar-refractivity contribution in [1.29, 1.82) is 0 Å². The number of alkyl halides is 3. The molecule has 0 bridgehead atoms. The van der Waals surface area contributed by atoms with Crippen molar-refractivity contribution < 1.29 is 32.3 Å². The topological polar surface area (TPSA) is 94.7 Å². The maximum Gasteiger partial charge on any atom is 0.431 e. The SMILES string of the molecule is CN(C(=O)CN(CC(=O)Nc1ccc(Oc2ccccc2)cc1)C(=O)c1ccc(C(F)(F)F)[nH]1)C1Cc2ccccc2C1. The third-order valence-corrected chi connectivity index (χ3v) is 7.26. The monoisotopic (exact) mass is 590 g/mol. The second-order valence-electron chi connectivity index (χ2n) is 10.3. The van der Waals surface area contributed by atoms with E-state index in [9.17, 15) is 27.6 Å². The smallest absolute Gasteiger partial charge is 0.431 e. The Bertz CT molecular complexity index is 1580. The van der Waals surface area contributed by atoms with Gasteiger partial charge in [0.2, 0.25) is 11.8 Å². The highest BCUT2D eigenvalue weighted by atomic mass is 19.4. The molecule has 0 unspecified atom stereocenters. The minimum Gasteiger partial charge on any atom is -0.457 e. The molecule has 0 spiro atoms. The zero-order valence-corrected chi connectivity index (χ0v) is 23.2. The fourth-order valence-electron chi connectivity index (χ4n) is 4.95. The summed E-state index contributed by atoms with van der Waals surface area (Å²) < 4.78 is 45.3. The molecule has 1 aliphatic rings. The first-order chi connectivity index (χ1) is 20.6. The van der Waals surface area contributed by atoms with E-state index >= 15 is 0 Å². The van der Waals surface area contributed by atoms with Crippen molar-refractivity contribution >= 4 is 23.4 Å². The summed E-state index contributed by atoms with van der Waals surface area (Å²) in [6.07, 6.45) is -3.41. The number of hydrogen-bond donors (Lipinski definition) is 2. The van der Waals surface area contributed by atoms with Crippen LogP contribution in [0, 0.1) is 0 Å². The van der Waals surface area contributed by atoms with Crippen molar-refractivity contribution in [2.24, 2.45) is 0 Å². The number of benzene rings is 3. The van der Waals surface area contributed by atoms with E-state index in [2.05, 4.69) is 10.3 Å². The molecule has 0 saturated carbocycles. The van der Waals surface area contributed by atoms with E-state index in [1.54, 1.807) is 43.4 Å². The lowest BCUT2D eigenvalue weighted by molar-refractivity contribution is -0.141. The summed E-state index contributed by atoms with van der Waals surface area (Å²) in [5.41, 5.74) is 1.18. The van der Waals surface area contributed by atoms with Crippen LogP contribution in [0.1, 0.15) is 27.3 Å². The predicted octanol–water partition coefficient (Wildman–Crippen LogP) is 5.53. The number of carbonyl (C=O) groups excluding carboxylic acids is 3. The van der Waals surface area contributed by atoms with Gasteiger partial charge in [-0.2, -0.15) is 13.2 Å². The molecule has 0 atom stereocenters. The van der Waals surface area contributed by atoms with Crippen LogP contribution in [0.3, 0.4) is 0 Å². The Balaban J connectivity index is 1.27. The van der Waals surface area contributed by atoms with E-state index in [1.807, 2.05) is 42.5 Å². The van der Waals surface area contributed by atoms with Gasteiger partial charge in [0.05, 0.1) is 0 Å². The van der Waals surface area contributed by atoms with E-state index < -0.39 is 42.7 Å². The second-order valence-corrected chi connectivity index (χ2v) is 10.3. The van der Waals surface area contributed by atoms with Gasteiger partial charge in [0.1, 0.15) is 36.0 Å². The van der Waals surface area contributed by atoms with Crippen LogP contribution in [0.15, 0.2) is 91.0 Å². The van der Waals surface area contributed by atoms with Gasteiger partial charge >= 0.3 is 6.18 Å². The summed E-state index contributed by atoms with van der Waals surface area (Å²) in [6, 6.07) is 25.1. The van der Waals surface area contributed by atoms with Crippen molar-refractivity contribution in [3.63, 3.8) is 0 Å². The molecular weight excluding hydrogens is 561 g/mol. The summed E-state index contributed by atoms with van der Waals surface area (Å²) in [4.78, 5) is 44.2. The molecule has 0 fully saturated rings. The van der Waals surface area contributed by atoms with Gasteiger partial charge in [0.15, 0.2) is 0 Å². The van der Waals surface area contributed by atoms with E-state index in [4.69, 9.17) is 4.74 Å². The number of fused-ring (bicyclic) bond motifs is 1. The molecule has 0 radical (unpaired) electrons. The van der Waals surface area contributed by atoms with Crippen LogP contribution >= 0.6 is 0 Å². The summed E-state index contributed by atoms with van der Waals surface area (Å²) in [6.45, 7) is -1.06. The van der Waals surface area contributed by atoms with Crippen molar-refractivity contribution in [2.45, 2.75) is 25.1 Å². The highest BCUT2D eigenvalue weighted by Gasteiger charge is 2.34. The third-order valence-electron chi connectivity index (χ3n) is 7.26. The van der Waals surface area contributed by atoms with Gasteiger partial charge in [-0.05, 0) is 72.5 Å². The van der Waals surface area contributed by atoms with Gasteiger partial charge in [-0.1, -0.05) is 42.5 Å². The molecule has 1 aliphatic carbocycles. The van der Waals surface area contributed by atoms with E-state index in [0.717, 1.165) is 28.2 Å². The number of aromatic amines is 1. The number of ether oxygens (including phenoxy) is 1. The van der Waals surface area contributed by atoms with Crippen LogP contribution in [0.5, 0.6) is 11.5 Å². The van der Waals surface area contributed by atoms with Gasteiger partial charge in [0, 0.05) is 18.8 Å². The minimum atomic E-state index is -4.69. The van der Waals surface area contributed by atoms with Crippen LogP contribution in [0.2, 0.25) is 0 Å². The number of carbonyl (C=O) groups is 3. The van der Waals surface area contributed by atoms with Crippen molar-refractivity contribution in [2.75, 3.05) is 25.5 Å². The maximum absolute atomic E-state index is 13.3. The van der Waals surface area contributed by atoms with Gasteiger partial charge in [-0.15, -0.1) is 0 Å². The molecule has 3 amide bonds. The number of anilines is 1. The lowest BCUT2D eigenvalue weighted by Crippen LogP contribution is -2.47. The summed E-state index contributed by atoms with van der Waals surface area (Å²) in [5.74, 6) is -0.799. The molecule has 5 rings (SSSR count). The van der Waals surface area contributed by atoms with Crippen LogP contribution < -0.4 is 10.1 Å². The molecule has 0 aliphatic heterocycles. The minimum absolute atomic E-state index is 0.144. The molecule has 222 valence electrons. The third kappa shape index (κ3) is 7.24. The molecule has 1 heterocycles. The standard InChI is InChI=1S/C32H29F3N4O4/c1-38(24-17-21-7-5-6-8-22(21)18-24)30(41)20-39(31(42)27-15-16-28(37-27)32(33,34)35)19-29(40)36-23-11-13-26(14-12-23)43-25-9-3-2-4-10-25/h2-16,24,37H,17-20H2,1H3,(H,36,40). The van der Waals surface area contributed by atoms with Gasteiger partial charge in [0.25, 0.3) is 5.91 Å². The number of likely N-dealkylation sites (N-methyl/N-ethyl adjacent to an activating group) is 1. The lowest BCUT2D eigenvalue weighted by atomic mass is 10.1. The molecule has 3 aromatic carbocycles. The van der Waals surface area contributed by atoms with Gasteiger partial charge in [-0.25, -0.2) is 0 Å². The number of nitrogens with zero attached hydrogens (tertiary/aromatic N) is 2. The number of amides is 3. The first-order valence-corrected chi connectivity index (χ1v) is 13.6. The zero-order chi connectivity index (χ0) is 30.6. The van der Waals surface area contributed by atoms with Crippen LogP contribution in [-0.4, -0.2) is 58.7 Å². The number of aromatic nitrogens is 1. The molecule has 2 N–H and O–H groups in total. The summed E-state index contributed by atoms with van der Waals surface area (Å²) in [7, 11) is 1.62. The van der Waals surface area contributed by atoms with Gasteiger partial charge < -0.3 is 24.8 Å². The molecule has 4 aromatic rings. The molecule has 11 heteroatoms. The van der Waals surface area contributed by atoms with Crippen LogP contribution in [0.25, 0.3) is 0 Å². The second kappa shape index (κ2) is 12.4. The Labute approximate surface area is 246 Å².